The average Bonchev–Trinajstić information content (AvgIpc) is 2.75. The van der Waals surface area contributed by atoms with E-state index in [2.05, 4.69) is 52.3 Å². The van der Waals surface area contributed by atoms with E-state index in [-0.39, 0.29) is 5.75 Å². The molecule has 5 rings (SSSR count). The molecule has 0 aliphatic heterocycles. The second-order valence-electron chi connectivity index (χ2n) is 10.2. The number of rotatable bonds is 6. The summed E-state index contributed by atoms with van der Waals surface area (Å²) >= 11 is 0. The molecule has 3 aromatic rings. The maximum absolute atomic E-state index is 10.1. The van der Waals surface area contributed by atoms with E-state index in [1.54, 1.807) is 12.1 Å². The number of phenolic OH excluding ortho intramolecular Hbond substituents is 1. The summed E-state index contributed by atoms with van der Waals surface area (Å²) in [6, 6.07) is 15.7. The molecule has 1 heterocycles. The molecule has 3 N–H and O–H groups in total. The van der Waals surface area contributed by atoms with Gasteiger partial charge in [-0.3, -0.25) is 4.99 Å². The zero-order chi connectivity index (χ0) is 23.0. The van der Waals surface area contributed by atoms with Crippen molar-refractivity contribution in [3.8, 4) is 17.0 Å². The highest BCUT2D eigenvalue weighted by Crippen LogP contribution is 2.64. The van der Waals surface area contributed by atoms with Crippen molar-refractivity contribution < 1.29 is 5.11 Å². The maximum Gasteiger partial charge on any atom is 0.125 e. The molecule has 0 atom stereocenters. The number of benzene rings is 2. The van der Waals surface area contributed by atoms with E-state index >= 15 is 0 Å². The first-order valence-corrected chi connectivity index (χ1v) is 11.8. The first-order valence-electron chi connectivity index (χ1n) is 11.8. The van der Waals surface area contributed by atoms with Crippen molar-refractivity contribution in [1.82, 2.24) is 10.2 Å². The third kappa shape index (κ3) is 4.22. The number of hydrogen-bond donors (Lipinski definition) is 2. The summed E-state index contributed by atoms with van der Waals surface area (Å²) in [5, 5.41) is 24.0. The minimum absolute atomic E-state index is 0.218. The van der Waals surface area contributed by atoms with Gasteiger partial charge < -0.3 is 10.9 Å². The lowest BCUT2D eigenvalue weighted by Gasteiger charge is -2.58. The second kappa shape index (κ2) is 8.58. The van der Waals surface area contributed by atoms with Crippen LogP contribution in [0.2, 0.25) is 0 Å². The van der Waals surface area contributed by atoms with E-state index in [4.69, 9.17) is 5.84 Å². The molecule has 0 bridgehead atoms. The number of para-hydroxylation sites is 1. The predicted molar refractivity (Wildman–Crippen MR) is 134 cm³/mol. The molecule has 6 heteroatoms. The maximum atomic E-state index is 10.1. The van der Waals surface area contributed by atoms with Crippen LogP contribution in [0.3, 0.4) is 0 Å². The van der Waals surface area contributed by atoms with Gasteiger partial charge in [-0.2, -0.15) is 5.10 Å². The normalized spacial score (nSPS) is 25.0. The molecule has 2 aromatic carbocycles. The Morgan fingerprint density at radius 1 is 1.12 bits per heavy atom. The van der Waals surface area contributed by atoms with Crippen molar-refractivity contribution in [3.63, 3.8) is 0 Å². The van der Waals surface area contributed by atoms with Crippen LogP contribution in [0, 0.1) is 17.3 Å². The van der Waals surface area contributed by atoms with Gasteiger partial charge in [-0.25, -0.2) is 0 Å². The molecule has 0 saturated heterocycles. The molecule has 2 saturated carbocycles. The quantitative estimate of drug-likeness (QED) is 0.307. The zero-order valence-corrected chi connectivity index (χ0v) is 19.3. The lowest BCUT2D eigenvalue weighted by atomic mass is 9.46. The summed E-state index contributed by atoms with van der Waals surface area (Å²) in [4.78, 5) is 4.50. The van der Waals surface area contributed by atoms with E-state index in [0.717, 1.165) is 36.0 Å². The summed E-state index contributed by atoms with van der Waals surface area (Å²) < 4.78 is 0. The molecule has 2 fully saturated rings. The molecule has 2 aliphatic rings. The number of hydrogen-bond acceptors (Lipinski definition) is 6. The highest BCUT2D eigenvalue weighted by Gasteiger charge is 2.54. The third-order valence-corrected chi connectivity index (χ3v) is 7.24. The van der Waals surface area contributed by atoms with Crippen molar-refractivity contribution in [3.05, 3.63) is 54.1 Å². The number of aromatic nitrogens is 2. The summed E-state index contributed by atoms with van der Waals surface area (Å²) in [5.74, 6) is 7.43. The van der Waals surface area contributed by atoms with Crippen LogP contribution < -0.4 is 5.84 Å². The van der Waals surface area contributed by atoms with Gasteiger partial charge in [0.25, 0.3) is 0 Å². The van der Waals surface area contributed by atoms with Gasteiger partial charge in [-0.05, 0) is 72.8 Å². The second-order valence-corrected chi connectivity index (χ2v) is 10.2. The smallest absolute Gasteiger partial charge is 0.125 e. The van der Waals surface area contributed by atoms with Crippen molar-refractivity contribution in [1.29, 1.82) is 0 Å². The Morgan fingerprint density at radius 2 is 1.91 bits per heavy atom. The number of aliphatic imine (C=N–C) groups is 1. The van der Waals surface area contributed by atoms with Crippen molar-refractivity contribution >= 4 is 22.8 Å². The number of aromatic hydroxyl groups is 1. The van der Waals surface area contributed by atoms with Gasteiger partial charge in [0.05, 0.1) is 16.9 Å². The Bertz CT molecular complexity index is 1220. The fourth-order valence-corrected chi connectivity index (χ4v) is 5.48. The molecule has 170 valence electrons. The number of hydrazone groups is 1. The molecule has 1 aromatic heterocycles. The summed E-state index contributed by atoms with van der Waals surface area (Å²) in [6.45, 7) is 5.14. The monoisotopic (exact) mass is 441 g/mol. The Balaban J connectivity index is 1.23. The highest BCUT2D eigenvalue weighted by molar-refractivity contribution is 6.31. The van der Waals surface area contributed by atoms with Crippen LogP contribution >= 0.6 is 0 Å². The summed E-state index contributed by atoms with van der Waals surface area (Å²) in [6.07, 6.45) is 6.62. The van der Waals surface area contributed by atoms with Crippen molar-refractivity contribution in [2.24, 2.45) is 33.2 Å². The van der Waals surface area contributed by atoms with Crippen LogP contribution in [-0.4, -0.2) is 33.8 Å². The Labute approximate surface area is 194 Å². The van der Waals surface area contributed by atoms with E-state index < -0.39 is 0 Å². The molecule has 2 aliphatic carbocycles. The Morgan fingerprint density at radius 3 is 2.64 bits per heavy atom. The van der Waals surface area contributed by atoms with Gasteiger partial charge in [0, 0.05) is 29.6 Å². The minimum atomic E-state index is 0.218. The van der Waals surface area contributed by atoms with Crippen LogP contribution in [0.15, 0.2) is 58.6 Å². The fourth-order valence-electron chi connectivity index (χ4n) is 5.48. The number of phenols is 1. The molecule has 0 unspecified atom stereocenters. The van der Waals surface area contributed by atoms with Gasteiger partial charge in [-0.15, -0.1) is 10.2 Å². The van der Waals surface area contributed by atoms with Crippen molar-refractivity contribution in [2.75, 3.05) is 6.54 Å². The molecule has 1 spiro atoms. The van der Waals surface area contributed by atoms with Gasteiger partial charge in [0.15, 0.2) is 0 Å². The summed E-state index contributed by atoms with van der Waals surface area (Å²) in [7, 11) is 0. The van der Waals surface area contributed by atoms with Crippen LogP contribution in [0.4, 0.5) is 0 Å². The minimum Gasteiger partial charge on any atom is -0.507 e. The van der Waals surface area contributed by atoms with Crippen molar-refractivity contribution in [2.45, 2.75) is 45.4 Å². The lowest BCUT2D eigenvalue weighted by molar-refractivity contribution is -0.0154. The molecular formula is C27H31N5O. The molecule has 0 amide bonds. The van der Waals surface area contributed by atoms with Crippen LogP contribution in [0.5, 0.6) is 5.75 Å². The molecule has 0 radical (unpaired) electrons. The SMILES string of the molecule is CC(C)CN=C/C(=N\N)C1CC2(C1)CC(c1ccc3cc(-c4ccccc4O)nnc3c1)C2. The van der Waals surface area contributed by atoms with E-state index in [9.17, 15) is 5.11 Å². The van der Waals surface area contributed by atoms with Gasteiger partial charge in [-0.1, -0.05) is 38.1 Å². The lowest BCUT2D eigenvalue weighted by Crippen LogP contribution is -2.49. The van der Waals surface area contributed by atoms with Crippen LogP contribution in [-0.2, 0) is 0 Å². The third-order valence-electron chi connectivity index (χ3n) is 7.24. The number of nitrogens with zero attached hydrogens (tertiary/aromatic N) is 4. The highest BCUT2D eigenvalue weighted by atomic mass is 16.3. The topological polar surface area (TPSA) is 96.8 Å². The number of nitrogens with two attached hydrogens (primary N) is 1. The van der Waals surface area contributed by atoms with Crippen LogP contribution in [0.25, 0.3) is 22.2 Å². The van der Waals surface area contributed by atoms with Gasteiger partial charge in [0.1, 0.15) is 5.75 Å². The van der Waals surface area contributed by atoms with E-state index in [1.807, 2.05) is 24.4 Å². The Hall–Kier alpha value is -3.28. The predicted octanol–water partition coefficient (Wildman–Crippen LogP) is 5.32. The van der Waals surface area contributed by atoms with Crippen LogP contribution in [0.1, 0.15) is 51.0 Å². The van der Waals surface area contributed by atoms with E-state index in [1.165, 1.54) is 18.4 Å². The first-order chi connectivity index (χ1) is 16.0. The standard InChI is InChI=1S/C27H31N5O/c1-17(2)15-29-16-25(30-28)21-13-27(14-21)11-20(12-27)18-7-8-19-10-24(32-31-23(19)9-18)22-5-3-4-6-26(22)33/h3-10,16-17,20-21,33H,11-15,28H2,1-2H3/b29-16?,30-25+. The van der Waals surface area contributed by atoms with Gasteiger partial charge in [0.2, 0.25) is 0 Å². The average molecular weight is 442 g/mol. The van der Waals surface area contributed by atoms with E-state index in [0.29, 0.717) is 34.4 Å². The molecular weight excluding hydrogens is 410 g/mol. The zero-order valence-electron chi connectivity index (χ0n) is 19.3. The fraction of sp³-hybridized carbons (Fsp3) is 0.407. The Kier molecular flexibility index (Phi) is 5.60. The van der Waals surface area contributed by atoms with Gasteiger partial charge >= 0.3 is 0 Å². The first kappa shape index (κ1) is 21.6. The number of fused-ring (bicyclic) bond motifs is 1. The summed E-state index contributed by atoms with van der Waals surface area (Å²) in [5.41, 5.74) is 5.01. The largest absolute Gasteiger partial charge is 0.507 e. The molecule has 6 nitrogen and oxygen atoms in total. The molecule has 33 heavy (non-hydrogen) atoms.